The number of nitrogens with zero attached hydrogens (tertiary/aromatic N) is 3. The normalized spacial score (nSPS) is 14.8. The lowest BCUT2D eigenvalue weighted by Gasteiger charge is -2.15. The Balaban J connectivity index is 1.51. The van der Waals surface area contributed by atoms with E-state index in [0.717, 1.165) is 24.0 Å². The van der Waals surface area contributed by atoms with Gasteiger partial charge in [-0.05, 0) is 38.0 Å². The fourth-order valence-corrected chi connectivity index (χ4v) is 4.77. The minimum atomic E-state index is -3.59. The predicted octanol–water partition coefficient (Wildman–Crippen LogP) is 2.82. The first-order chi connectivity index (χ1) is 13.9. The highest BCUT2D eigenvalue weighted by Gasteiger charge is 2.27. The van der Waals surface area contributed by atoms with E-state index in [1.807, 2.05) is 31.2 Å². The standard InChI is InChI=1S/C20H21N5O3S/c1-14-7-9-15(10-8-14)18-21-20(24-23-18)22-19(26)16-5-4-6-17(13-16)29(27,28)25-11-2-3-12-25/h4-10,13H,2-3,11-12H2,1H3,(H2,21,22,23,24,26). The molecule has 0 aliphatic carbocycles. The van der Waals surface area contributed by atoms with Crippen molar-refractivity contribution in [3.05, 3.63) is 59.7 Å². The van der Waals surface area contributed by atoms with E-state index < -0.39 is 15.9 Å². The summed E-state index contributed by atoms with van der Waals surface area (Å²) in [6.45, 7) is 3.02. The van der Waals surface area contributed by atoms with Crippen LogP contribution in [0, 0.1) is 6.92 Å². The van der Waals surface area contributed by atoms with Crippen LogP contribution in [0.5, 0.6) is 0 Å². The molecule has 0 unspecified atom stereocenters. The largest absolute Gasteiger partial charge is 0.289 e. The molecule has 3 aromatic rings. The maximum Gasteiger partial charge on any atom is 0.258 e. The summed E-state index contributed by atoms with van der Waals surface area (Å²) in [5, 5.41) is 9.42. The first-order valence-corrected chi connectivity index (χ1v) is 10.8. The molecule has 2 heterocycles. The van der Waals surface area contributed by atoms with Gasteiger partial charge < -0.3 is 0 Å². The Bertz CT molecular complexity index is 1130. The summed E-state index contributed by atoms with van der Waals surface area (Å²) >= 11 is 0. The number of hydrogen-bond acceptors (Lipinski definition) is 5. The molecule has 4 rings (SSSR count). The number of rotatable bonds is 5. The molecule has 1 saturated heterocycles. The summed E-state index contributed by atoms with van der Waals surface area (Å²) in [5.41, 5.74) is 2.21. The van der Waals surface area contributed by atoms with Crippen LogP contribution in [0.2, 0.25) is 0 Å². The SMILES string of the molecule is Cc1ccc(-c2nc(NC(=O)c3cccc(S(=O)(=O)N4CCCC4)c3)n[nH]2)cc1. The zero-order chi connectivity index (χ0) is 20.4. The third kappa shape index (κ3) is 4.06. The molecule has 2 aromatic carbocycles. The summed E-state index contributed by atoms with van der Waals surface area (Å²) in [6.07, 6.45) is 1.71. The number of aryl methyl sites for hydroxylation is 1. The number of H-pyrrole nitrogens is 1. The van der Waals surface area contributed by atoms with E-state index in [0.29, 0.717) is 18.9 Å². The number of anilines is 1. The van der Waals surface area contributed by atoms with Crippen molar-refractivity contribution in [2.45, 2.75) is 24.7 Å². The van der Waals surface area contributed by atoms with Gasteiger partial charge >= 0.3 is 0 Å². The molecule has 0 bridgehead atoms. The molecule has 0 radical (unpaired) electrons. The molecule has 2 N–H and O–H groups in total. The van der Waals surface area contributed by atoms with E-state index in [-0.39, 0.29) is 16.4 Å². The van der Waals surface area contributed by atoms with Crippen LogP contribution in [0.15, 0.2) is 53.4 Å². The van der Waals surface area contributed by atoms with E-state index in [1.165, 1.54) is 16.4 Å². The predicted molar refractivity (Wildman–Crippen MR) is 109 cm³/mol. The highest BCUT2D eigenvalue weighted by Crippen LogP contribution is 2.22. The van der Waals surface area contributed by atoms with Gasteiger partial charge in [0.2, 0.25) is 16.0 Å². The van der Waals surface area contributed by atoms with Gasteiger partial charge in [0.15, 0.2) is 5.82 Å². The number of sulfonamides is 1. The Morgan fingerprint density at radius 1 is 1.10 bits per heavy atom. The number of hydrogen-bond donors (Lipinski definition) is 2. The van der Waals surface area contributed by atoms with Crippen molar-refractivity contribution in [3.8, 4) is 11.4 Å². The zero-order valence-corrected chi connectivity index (χ0v) is 16.7. The first kappa shape index (κ1) is 19.3. The molecule has 29 heavy (non-hydrogen) atoms. The van der Waals surface area contributed by atoms with E-state index in [9.17, 15) is 13.2 Å². The third-order valence-corrected chi connectivity index (χ3v) is 6.73. The number of amides is 1. The van der Waals surface area contributed by atoms with Crippen LogP contribution in [0.4, 0.5) is 5.95 Å². The maximum absolute atomic E-state index is 12.7. The number of nitrogens with one attached hydrogen (secondary N) is 2. The highest BCUT2D eigenvalue weighted by molar-refractivity contribution is 7.89. The highest BCUT2D eigenvalue weighted by atomic mass is 32.2. The summed E-state index contributed by atoms with van der Waals surface area (Å²) < 4.78 is 26.9. The minimum Gasteiger partial charge on any atom is -0.289 e. The third-order valence-electron chi connectivity index (χ3n) is 4.83. The molecule has 0 saturated carbocycles. The second-order valence-electron chi connectivity index (χ2n) is 6.97. The number of benzene rings is 2. The van der Waals surface area contributed by atoms with Crippen molar-refractivity contribution >= 4 is 21.9 Å². The summed E-state index contributed by atoms with van der Waals surface area (Å²) in [6, 6.07) is 13.8. The average molecular weight is 411 g/mol. The van der Waals surface area contributed by atoms with Gasteiger partial charge in [-0.2, -0.15) is 9.29 Å². The molecule has 1 fully saturated rings. The molecule has 0 atom stereocenters. The molecular formula is C20H21N5O3S. The van der Waals surface area contributed by atoms with Crippen LogP contribution in [0.25, 0.3) is 11.4 Å². The van der Waals surface area contributed by atoms with Gasteiger partial charge in [-0.1, -0.05) is 35.9 Å². The Morgan fingerprint density at radius 3 is 2.55 bits per heavy atom. The molecular weight excluding hydrogens is 390 g/mol. The lowest BCUT2D eigenvalue weighted by Crippen LogP contribution is -2.28. The summed E-state index contributed by atoms with van der Waals surface area (Å²) in [5.74, 6) is 0.182. The second-order valence-corrected chi connectivity index (χ2v) is 8.90. The average Bonchev–Trinajstić information content (AvgIpc) is 3.41. The molecule has 0 spiro atoms. The molecule has 150 valence electrons. The number of aromatic amines is 1. The van der Waals surface area contributed by atoms with Gasteiger partial charge in [-0.25, -0.2) is 8.42 Å². The van der Waals surface area contributed by atoms with Crippen LogP contribution >= 0.6 is 0 Å². The Morgan fingerprint density at radius 2 is 1.83 bits per heavy atom. The van der Waals surface area contributed by atoms with Crippen molar-refractivity contribution < 1.29 is 13.2 Å². The monoisotopic (exact) mass is 411 g/mol. The molecule has 8 nitrogen and oxygen atoms in total. The maximum atomic E-state index is 12.7. The van der Waals surface area contributed by atoms with Crippen molar-refractivity contribution in [1.82, 2.24) is 19.5 Å². The van der Waals surface area contributed by atoms with Crippen LogP contribution in [-0.4, -0.2) is 46.9 Å². The number of aromatic nitrogens is 3. The Labute approximate surface area is 169 Å². The van der Waals surface area contributed by atoms with Gasteiger partial charge in [0.25, 0.3) is 5.91 Å². The van der Waals surface area contributed by atoms with Crippen LogP contribution < -0.4 is 5.32 Å². The van der Waals surface area contributed by atoms with Crippen molar-refractivity contribution in [3.63, 3.8) is 0 Å². The molecule has 9 heteroatoms. The fourth-order valence-electron chi connectivity index (χ4n) is 3.21. The quantitative estimate of drug-likeness (QED) is 0.671. The van der Waals surface area contributed by atoms with Crippen LogP contribution in [0.1, 0.15) is 28.8 Å². The molecule has 1 aliphatic heterocycles. The lowest BCUT2D eigenvalue weighted by atomic mass is 10.1. The van der Waals surface area contributed by atoms with Gasteiger partial charge in [0.05, 0.1) is 4.90 Å². The van der Waals surface area contributed by atoms with Gasteiger partial charge in [-0.15, -0.1) is 5.10 Å². The van der Waals surface area contributed by atoms with Gasteiger partial charge in [-0.3, -0.25) is 15.2 Å². The van der Waals surface area contributed by atoms with Gasteiger partial charge in [0, 0.05) is 24.2 Å². The van der Waals surface area contributed by atoms with Gasteiger partial charge in [0.1, 0.15) is 0 Å². The first-order valence-electron chi connectivity index (χ1n) is 9.34. The second kappa shape index (κ2) is 7.76. The van der Waals surface area contributed by atoms with E-state index in [4.69, 9.17) is 0 Å². The zero-order valence-electron chi connectivity index (χ0n) is 15.9. The Kier molecular flexibility index (Phi) is 5.16. The topological polar surface area (TPSA) is 108 Å². The van der Waals surface area contributed by atoms with E-state index in [2.05, 4.69) is 20.5 Å². The van der Waals surface area contributed by atoms with Crippen LogP contribution in [-0.2, 0) is 10.0 Å². The van der Waals surface area contributed by atoms with Crippen molar-refractivity contribution in [2.24, 2.45) is 0 Å². The Hall–Kier alpha value is -3.04. The van der Waals surface area contributed by atoms with Crippen molar-refractivity contribution in [1.29, 1.82) is 0 Å². The molecule has 1 amide bonds. The number of carbonyl (C=O) groups is 1. The van der Waals surface area contributed by atoms with Crippen LogP contribution in [0.3, 0.4) is 0 Å². The lowest BCUT2D eigenvalue weighted by molar-refractivity contribution is 0.102. The molecule has 1 aliphatic rings. The van der Waals surface area contributed by atoms with Crippen molar-refractivity contribution in [2.75, 3.05) is 18.4 Å². The fraction of sp³-hybridized carbons (Fsp3) is 0.250. The number of carbonyl (C=O) groups excluding carboxylic acids is 1. The van der Waals surface area contributed by atoms with E-state index in [1.54, 1.807) is 12.1 Å². The molecule has 1 aromatic heterocycles. The minimum absolute atomic E-state index is 0.113. The smallest absolute Gasteiger partial charge is 0.258 e. The summed E-state index contributed by atoms with van der Waals surface area (Å²) in [4.78, 5) is 17.0. The van der Waals surface area contributed by atoms with E-state index >= 15 is 0 Å². The summed E-state index contributed by atoms with van der Waals surface area (Å²) in [7, 11) is -3.59.